The second kappa shape index (κ2) is 11.0. The van der Waals surface area contributed by atoms with Crippen molar-refractivity contribution in [3.05, 3.63) is 95.3 Å². The summed E-state index contributed by atoms with van der Waals surface area (Å²) >= 11 is 0. The van der Waals surface area contributed by atoms with Gasteiger partial charge in [-0.05, 0) is 68.5 Å². The fraction of sp³-hybridized carbons (Fsp3) is 0.310. The van der Waals surface area contributed by atoms with Gasteiger partial charge in [0, 0.05) is 6.54 Å². The van der Waals surface area contributed by atoms with Crippen LogP contribution in [0.3, 0.4) is 0 Å². The number of carbonyl (C=O) groups is 1. The van der Waals surface area contributed by atoms with Crippen molar-refractivity contribution in [3.8, 4) is 5.75 Å². The molecular weight excluding hydrogens is 422 g/mol. The smallest absolute Gasteiger partial charge is 0.225 e. The van der Waals surface area contributed by atoms with E-state index in [1.165, 1.54) is 0 Å². The lowest BCUT2D eigenvalue weighted by atomic mass is 10.1. The number of imidazole rings is 1. The maximum absolute atomic E-state index is 12.8. The molecule has 0 saturated heterocycles. The van der Waals surface area contributed by atoms with Crippen LogP contribution in [-0.4, -0.2) is 22.1 Å². The van der Waals surface area contributed by atoms with Gasteiger partial charge in [0.05, 0.1) is 30.1 Å². The molecule has 0 bridgehead atoms. The van der Waals surface area contributed by atoms with Gasteiger partial charge in [-0.1, -0.05) is 54.6 Å². The SMILES string of the molecule is Cc1ccccc1CC(=O)NC(C)c1nc2ccccc2n1CCCCOc1ccccc1C. The van der Waals surface area contributed by atoms with Gasteiger partial charge < -0.3 is 14.6 Å². The number of nitrogens with zero attached hydrogens (tertiary/aromatic N) is 2. The molecule has 0 aliphatic carbocycles. The fourth-order valence-corrected chi connectivity index (χ4v) is 4.27. The van der Waals surface area contributed by atoms with Crippen molar-refractivity contribution in [1.82, 2.24) is 14.9 Å². The number of hydrogen-bond donors (Lipinski definition) is 1. The Bertz CT molecular complexity index is 1260. The molecule has 1 amide bonds. The number of ether oxygens (including phenoxy) is 1. The quantitative estimate of drug-likeness (QED) is 0.302. The van der Waals surface area contributed by atoms with E-state index in [2.05, 4.69) is 28.9 Å². The number of hydrogen-bond acceptors (Lipinski definition) is 3. The highest BCUT2D eigenvalue weighted by Crippen LogP contribution is 2.22. The van der Waals surface area contributed by atoms with E-state index in [0.717, 1.165) is 58.7 Å². The molecule has 0 aliphatic rings. The van der Waals surface area contributed by atoms with Crippen LogP contribution in [0.25, 0.3) is 11.0 Å². The van der Waals surface area contributed by atoms with Crippen LogP contribution in [0.15, 0.2) is 72.8 Å². The first kappa shape index (κ1) is 23.6. The van der Waals surface area contributed by atoms with Crippen LogP contribution >= 0.6 is 0 Å². The monoisotopic (exact) mass is 455 g/mol. The van der Waals surface area contributed by atoms with Gasteiger partial charge in [-0.25, -0.2) is 4.98 Å². The van der Waals surface area contributed by atoms with E-state index in [-0.39, 0.29) is 11.9 Å². The number of para-hydroxylation sites is 3. The lowest BCUT2D eigenvalue weighted by molar-refractivity contribution is -0.121. The molecule has 5 nitrogen and oxygen atoms in total. The third-order valence-corrected chi connectivity index (χ3v) is 6.19. The van der Waals surface area contributed by atoms with Gasteiger partial charge in [0.1, 0.15) is 11.6 Å². The largest absolute Gasteiger partial charge is 0.493 e. The first-order valence-electron chi connectivity index (χ1n) is 12.0. The fourth-order valence-electron chi connectivity index (χ4n) is 4.27. The number of rotatable bonds is 10. The van der Waals surface area contributed by atoms with Crippen LogP contribution in [0, 0.1) is 13.8 Å². The molecule has 1 heterocycles. The molecule has 1 atom stereocenters. The molecule has 0 spiro atoms. The number of aromatic nitrogens is 2. The van der Waals surface area contributed by atoms with Crippen molar-refractivity contribution in [2.75, 3.05) is 6.61 Å². The Morgan fingerprint density at radius 3 is 2.44 bits per heavy atom. The molecule has 34 heavy (non-hydrogen) atoms. The number of nitrogens with one attached hydrogen (secondary N) is 1. The van der Waals surface area contributed by atoms with Gasteiger partial charge in [0.2, 0.25) is 5.91 Å². The molecule has 4 rings (SSSR count). The number of unbranched alkanes of at least 4 members (excludes halogenated alkanes) is 1. The predicted molar refractivity (Wildman–Crippen MR) is 137 cm³/mol. The maximum atomic E-state index is 12.8. The molecule has 0 fully saturated rings. The molecule has 4 aromatic rings. The molecule has 1 aromatic heterocycles. The topological polar surface area (TPSA) is 56.2 Å². The number of fused-ring (bicyclic) bond motifs is 1. The van der Waals surface area contributed by atoms with E-state index in [4.69, 9.17) is 9.72 Å². The average Bonchev–Trinajstić information content (AvgIpc) is 3.20. The van der Waals surface area contributed by atoms with Crippen LogP contribution in [-0.2, 0) is 17.8 Å². The van der Waals surface area contributed by atoms with E-state index < -0.39 is 0 Å². The van der Waals surface area contributed by atoms with E-state index in [1.54, 1.807) is 0 Å². The molecule has 0 radical (unpaired) electrons. The summed E-state index contributed by atoms with van der Waals surface area (Å²) in [7, 11) is 0. The summed E-state index contributed by atoms with van der Waals surface area (Å²) in [4.78, 5) is 17.6. The minimum Gasteiger partial charge on any atom is -0.493 e. The summed E-state index contributed by atoms with van der Waals surface area (Å²) < 4.78 is 8.20. The molecule has 1 unspecified atom stereocenters. The molecular formula is C29H33N3O2. The van der Waals surface area contributed by atoms with E-state index >= 15 is 0 Å². The molecule has 176 valence electrons. The summed E-state index contributed by atoms with van der Waals surface area (Å²) in [6.07, 6.45) is 2.27. The Labute approximate surface area is 201 Å². The van der Waals surface area contributed by atoms with Crippen molar-refractivity contribution in [1.29, 1.82) is 0 Å². The Morgan fingerprint density at radius 1 is 0.941 bits per heavy atom. The minimum absolute atomic E-state index is 0.00652. The standard InChI is InChI=1S/C29H33N3O2/c1-21-12-4-6-14-24(21)20-28(33)30-23(3)29-31-25-15-7-8-16-26(25)32(29)18-10-11-19-34-27-17-9-5-13-22(27)2/h4-9,12-17,23H,10-11,18-20H2,1-3H3,(H,30,33). The highest BCUT2D eigenvalue weighted by molar-refractivity contribution is 5.80. The van der Waals surface area contributed by atoms with Gasteiger partial charge in [-0.3, -0.25) is 4.79 Å². The van der Waals surface area contributed by atoms with Crippen molar-refractivity contribution < 1.29 is 9.53 Å². The first-order chi connectivity index (χ1) is 16.5. The number of aryl methyl sites for hydroxylation is 3. The zero-order valence-electron chi connectivity index (χ0n) is 20.3. The molecule has 1 N–H and O–H groups in total. The lowest BCUT2D eigenvalue weighted by Crippen LogP contribution is -2.30. The summed E-state index contributed by atoms with van der Waals surface area (Å²) in [6.45, 7) is 7.61. The average molecular weight is 456 g/mol. The van der Waals surface area contributed by atoms with E-state index in [0.29, 0.717) is 13.0 Å². The van der Waals surface area contributed by atoms with Crippen molar-refractivity contribution >= 4 is 16.9 Å². The minimum atomic E-state index is -0.188. The third kappa shape index (κ3) is 5.66. The lowest BCUT2D eigenvalue weighted by Gasteiger charge is -2.17. The van der Waals surface area contributed by atoms with Gasteiger partial charge in [-0.2, -0.15) is 0 Å². The van der Waals surface area contributed by atoms with Crippen LogP contribution in [0.4, 0.5) is 0 Å². The van der Waals surface area contributed by atoms with E-state index in [9.17, 15) is 4.79 Å². The number of carbonyl (C=O) groups excluding carboxylic acids is 1. The Kier molecular flexibility index (Phi) is 7.63. The summed E-state index contributed by atoms with van der Waals surface area (Å²) in [6, 6.07) is 24.1. The zero-order chi connectivity index (χ0) is 23.9. The molecule has 5 heteroatoms. The second-order valence-electron chi connectivity index (χ2n) is 8.82. The van der Waals surface area contributed by atoms with Crippen molar-refractivity contribution in [3.63, 3.8) is 0 Å². The van der Waals surface area contributed by atoms with Crippen molar-refractivity contribution in [2.24, 2.45) is 0 Å². The zero-order valence-corrected chi connectivity index (χ0v) is 20.3. The summed E-state index contributed by atoms with van der Waals surface area (Å²) in [5.74, 6) is 1.84. The van der Waals surface area contributed by atoms with Crippen LogP contribution in [0.1, 0.15) is 48.3 Å². The van der Waals surface area contributed by atoms with Gasteiger partial charge in [-0.15, -0.1) is 0 Å². The van der Waals surface area contributed by atoms with Crippen LogP contribution in [0.2, 0.25) is 0 Å². The van der Waals surface area contributed by atoms with Gasteiger partial charge >= 0.3 is 0 Å². The highest BCUT2D eigenvalue weighted by Gasteiger charge is 2.18. The normalized spacial score (nSPS) is 12.0. The van der Waals surface area contributed by atoms with Crippen LogP contribution < -0.4 is 10.1 Å². The van der Waals surface area contributed by atoms with Gasteiger partial charge in [0.25, 0.3) is 0 Å². The number of benzene rings is 3. The summed E-state index contributed by atoms with van der Waals surface area (Å²) in [5.41, 5.74) is 5.38. The maximum Gasteiger partial charge on any atom is 0.225 e. The first-order valence-corrected chi connectivity index (χ1v) is 12.0. The van der Waals surface area contributed by atoms with Gasteiger partial charge in [0.15, 0.2) is 0 Å². The summed E-state index contributed by atoms with van der Waals surface area (Å²) in [5, 5.41) is 3.16. The highest BCUT2D eigenvalue weighted by atomic mass is 16.5. The molecule has 0 aliphatic heterocycles. The Balaban J connectivity index is 1.40. The Hall–Kier alpha value is -3.60. The van der Waals surface area contributed by atoms with Crippen molar-refractivity contribution in [2.45, 2.75) is 52.6 Å². The van der Waals surface area contributed by atoms with Crippen LogP contribution in [0.5, 0.6) is 5.75 Å². The second-order valence-corrected chi connectivity index (χ2v) is 8.82. The Morgan fingerprint density at radius 2 is 1.65 bits per heavy atom. The van der Waals surface area contributed by atoms with E-state index in [1.807, 2.05) is 74.5 Å². The third-order valence-electron chi connectivity index (χ3n) is 6.19. The molecule has 3 aromatic carbocycles. The number of amides is 1. The predicted octanol–water partition coefficient (Wildman–Crippen LogP) is 5.93. The molecule has 0 saturated carbocycles.